The number of amides is 2. The standard InChI is InChI=1S/C16H24N4O2S/c1-10-2-3-11-12(8-10)23-16(14(11)15(17)22)19-13(21)9-20-6-4-18-5-7-20/h10,18H,2-9H2,1H3,(H2,17,22)(H,19,21)/t10-/m1/s1. The second-order valence-electron chi connectivity index (χ2n) is 6.49. The lowest BCUT2D eigenvalue weighted by atomic mass is 9.88. The molecule has 0 unspecified atom stereocenters. The van der Waals surface area contributed by atoms with Crippen LogP contribution in [0.15, 0.2) is 0 Å². The molecule has 1 atom stereocenters. The number of nitrogens with two attached hydrogens (primary N) is 1. The van der Waals surface area contributed by atoms with Gasteiger partial charge in [-0.15, -0.1) is 11.3 Å². The topological polar surface area (TPSA) is 87.5 Å². The number of nitrogens with zero attached hydrogens (tertiary/aromatic N) is 1. The molecule has 0 saturated carbocycles. The SMILES string of the molecule is C[C@@H]1CCc2c(sc(NC(=O)CN3CCNCC3)c2C(N)=O)C1. The van der Waals surface area contributed by atoms with Gasteiger partial charge in [-0.1, -0.05) is 6.92 Å². The summed E-state index contributed by atoms with van der Waals surface area (Å²) in [6.45, 7) is 6.13. The number of rotatable bonds is 4. The Morgan fingerprint density at radius 3 is 2.83 bits per heavy atom. The average molecular weight is 336 g/mol. The average Bonchev–Trinajstić information content (AvgIpc) is 2.84. The van der Waals surface area contributed by atoms with Crippen LogP contribution in [0.4, 0.5) is 5.00 Å². The molecule has 1 fully saturated rings. The van der Waals surface area contributed by atoms with E-state index in [1.165, 1.54) is 16.2 Å². The predicted molar refractivity (Wildman–Crippen MR) is 92.0 cm³/mol. The molecule has 2 heterocycles. The van der Waals surface area contributed by atoms with Gasteiger partial charge < -0.3 is 16.4 Å². The molecular formula is C16H24N4O2S. The summed E-state index contributed by atoms with van der Waals surface area (Å²) in [5.74, 6) is 0.113. The van der Waals surface area contributed by atoms with E-state index in [0.717, 1.165) is 51.0 Å². The van der Waals surface area contributed by atoms with Gasteiger partial charge in [0.1, 0.15) is 5.00 Å². The minimum Gasteiger partial charge on any atom is -0.365 e. The van der Waals surface area contributed by atoms with E-state index in [9.17, 15) is 9.59 Å². The van der Waals surface area contributed by atoms with Crippen molar-refractivity contribution in [3.8, 4) is 0 Å². The fourth-order valence-corrected chi connectivity index (χ4v) is 4.77. The number of carbonyl (C=O) groups excluding carboxylic acids is 2. The number of carbonyl (C=O) groups is 2. The zero-order valence-corrected chi connectivity index (χ0v) is 14.3. The molecule has 2 amide bonds. The van der Waals surface area contributed by atoms with Gasteiger partial charge in [0.2, 0.25) is 5.91 Å². The van der Waals surface area contributed by atoms with Crippen LogP contribution in [0.2, 0.25) is 0 Å². The molecule has 0 aromatic carbocycles. The molecule has 4 N–H and O–H groups in total. The Balaban J connectivity index is 1.74. The summed E-state index contributed by atoms with van der Waals surface area (Å²) in [7, 11) is 0. The van der Waals surface area contributed by atoms with Gasteiger partial charge >= 0.3 is 0 Å². The van der Waals surface area contributed by atoms with Crippen LogP contribution in [-0.4, -0.2) is 49.4 Å². The molecule has 0 bridgehead atoms. The van der Waals surface area contributed by atoms with E-state index in [0.29, 0.717) is 23.0 Å². The molecule has 1 saturated heterocycles. The molecule has 1 aromatic rings. The summed E-state index contributed by atoms with van der Waals surface area (Å²) in [6.07, 6.45) is 2.91. The molecule has 23 heavy (non-hydrogen) atoms. The lowest BCUT2D eigenvalue weighted by Gasteiger charge is -2.26. The van der Waals surface area contributed by atoms with Gasteiger partial charge in [-0.25, -0.2) is 0 Å². The third kappa shape index (κ3) is 3.73. The van der Waals surface area contributed by atoms with Gasteiger partial charge in [0.25, 0.3) is 5.91 Å². The molecule has 7 heteroatoms. The van der Waals surface area contributed by atoms with E-state index in [4.69, 9.17) is 5.73 Å². The molecule has 2 aliphatic rings. The van der Waals surface area contributed by atoms with Crippen molar-refractivity contribution in [1.29, 1.82) is 0 Å². The van der Waals surface area contributed by atoms with Gasteiger partial charge in [-0.05, 0) is 30.7 Å². The van der Waals surface area contributed by atoms with Gasteiger partial charge in [0.15, 0.2) is 0 Å². The molecular weight excluding hydrogens is 312 g/mol. The Morgan fingerprint density at radius 2 is 2.13 bits per heavy atom. The van der Waals surface area contributed by atoms with Gasteiger partial charge in [0, 0.05) is 31.1 Å². The van der Waals surface area contributed by atoms with Crippen molar-refractivity contribution in [3.05, 3.63) is 16.0 Å². The highest BCUT2D eigenvalue weighted by Gasteiger charge is 2.27. The number of primary amides is 1. The van der Waals surface area contributed by atoms with Crippen LogP contribution >= 0.6 is 11.3 Å². The summed E-state index contributed by atoms with van der Waals surface area (Å²) in [5.41, 5.74) is 7.16. The largest absolute Gasteiger partial charge is 0.365 e. The Hall–Kier alpha value is -1.44. The van der Waals surface area contributed by atoms with Crippen molar-refractivity contribution >= 4 is 28.2 Å². The summed E-state index contributed by atoms with van der Waals surface area (Å²) in [4.78, 5) is 27.5. The van der Waals surface area contributed by atoms with Crippen molar-refractivity contribution in [2.24, 2.45) is 11.7 Å². The summed E-state index contributed by atoms with van der Waals surface area (Å²) >= 11 is 1.52. The lowest BCUT2D eigenvalue weighted by Crippen LogP contribution is -2.46. The van der Waals surface area contributed by atoms with Crippen molar-refractivity contribution in [3.63, 3.8) is 0 Å². The zero-order chi connectivity index (χ0) is 16.4. The Kier molecular flexibility index (Phi) is 4.99. The Labute approximate surface area is 140 Å². The number of fused-ring (bicyclic) bond motifs is 1. The van der Waals surface area contributed by atoms with Crippen LogP contribution in [0.5, 0.6) is 0 Å². The van der Waals surface area contributed by atoms with Crippen LogP contribution in [0.1, 0.15) is 34.1 Å². The van der Waals surface area contributed by atoms with Crippen molar-refractivity contribution in [2.75, 3.05) is 38.0 Å². The highest BCUT2D eigenvalue weighted by Crippen LogP contribution is 2.39. The minimum absolute atomic E-state index is 0.0685. The molecule has 0 radical (unpaired) electrons. The third-order valence-corrected chi connectivity index (χ3v) is 5.76. The zero-order valence-electron chi connectivity index (χ0n) is 13.5. The van der Waals surface area contributed by atoms with Crippen LogP contribution in [0, 0.1) is 5.92 Å². The lowest BCUT2D eigenvalue weighted by molar-refractivity contribution is -0.117. The highest BCUT2D eigenvalue weighted by atomic mass is 32.1. The first-order valence-corrected chi connectivity index (χ1v) is 9.03. The van der Waals surface area contributed by atoms with Gasteiger partial charge in [-0.3, -0.25) is 14.5 Å². The highest BCUT2D eigenvalue weighted by molar-refractivity contribution is 7.17. The first-order chi connectivity index (χ1) is 11.0. The second kappa shape index (κ2) is 6.98. The molecule has 1 aliphatic heterocycles. The monoisotopic (exact) mass is 336 g/mol. The fraction of sp³-hybridized carbons (Fsp3) is 0.625. The smallest absolute Gasteiger partial charge is 0.251 e. The minimum atomic E-state index is -0.436. The number of nitrogens with one attached hydrogen (secondary N) is 2. The molecule has 3 rings (SSSR count). The van der Waals surface area contributed by atoms with E-state index in [1.54, 1.807) is 0 Å². The van der Waals surface area contributed by atoms with Crippen LogP contribution < -0.4 is 16.4 Å². The number of thiophene rings is 1. The Morgan fingerprint density at radius 1 is 1.39 bits per heavy atom. The van der Waals surface area contributed by atoms with E-state index < -0.39 is 5.91 Å². The van der Waals surface area contributed by atoms with Crippen LogP contribution in [0.3, 0.4) is 0 Å². The fourth-order valence-electron chi connectivity index (χ4n) is 3.34. The van der Waals surface area contributed by atoms with Gasteiger partial charge in [-0.2, -0.15) is 0 Å². The normalized spacial score (nSPS) is 21.7. The van der Waals surface area contributed by atoms with E-state index in [-0.39, 0.29) is 5.91 Å². The quantitative estimate of drug-likeness (QED) is 0.759. The summed E-state index contributed by atoms with van der Waals surface area (Å²) in [5, 5.41) is 6.83. The number of hydrogen-bond acceptors (Lipinski definition) is 5. The number of piperazine rings is 1. The maximum absolute atomic E-state index is 12.3. The first kappa shape index (κ1) is 16.4. The first-order valence-electron chi connectivity index (χ1n) is 8.22. The molecule has 6 nitrogen and oxygen atoms in total. The van der Waals surface area contributed by atoms with Crippen molar-refractivity contribution < 1.29 is 9.59 Å². The van der Waals surface area contributed by atoms with E-state index in [1.807, 2.05) is 0 Å². The third-order valence-electron chi connectivity index (χ3n) is 4.59. The predicted octanol–water partition coefficient (Wildman–Crippen LogP) is 0.816. The van der Waals surface area contributed by atoms with E-state index >= 15 is 0 Å². The Bertz CT molecular complexity index is 607. The summed E-state index contributed by atoms with van der Waals surface area (Å²) < 4.78 is 0. The van der Waals surface area contributed by atoms with Gasteiger partial charge in [0.05, 0.1) is 12.1 Å². The number of hydrogen-bond donors (Lipinski definition) is 3. The van der Waals surface area contributed by atoms with Crippen LogP contribution in [-0.2, 0) is 17.6 Å². The molecule has 1 aliphatic carbocycles. The second-order valence-corrected chi connectivity index (χ2v) is 7.60. The van der Waals surface area contributed by atoms with E-state index in [2.05, 4.69) is 22.5 Å². The summed E-state index contributed by atoms with van der Waals surface area (Å²) in [6, 6.07) is 0. The molecule has 126 valence electrons. The maximum atomic E-state index is 12.3. The van der Waals surface area contributed by atoms with Crippen molar-refractivity contribution in [1.82, 2.24) is 10.2 Å². The van der Waals surface area contributed by atoms with Crippen LogP contribution in [0.25, 0.3) is 0 Å². The molecule has 0 spiro atoms. The number of anilines is 1. The maximum Gasteiger partial charge on any atom is 0.251 e. The molecule has 1 aromatic heterocycles. The van der Waals surface area contributed by atoms with Crippen molar-refractivity contribution in [2.45, 2.75) is 26.2 Å².